The molecule has 2 nitrogen and oxygen atoms in total. The second-order valence-corrected chi connectivity index (χ2v) is 7.09. The third-order valence-corrected chi connectivity index (χ3v) is 5.07. The first-order valence-corrected chi connectivity index (χ1v) is 9.58. The average molecular weight is 357 g/mol. The molecule has 4 aromatic rings. The highest BCUT2D eigenvalue weighted by molar-refractivity contribution is 7.98. The van der Waals surface area contributed by atoms with E-state index < -0.39 is 0 Å². The number of nitrogens with zero attached hydrogens (tertiary/aromatic N) is 1. The highest BCUT2D eigenvalue weighted by atomic mass is 32.2. The van der Waals surface area contributed by atoms with Gasteiger partial charge in [-0.25, -0.2) is 4.98 Å². The number of aryl methyl sites for hydroxylation is 1. The fourth-order valence-electron chi connectivity index (χ4n) is 2.77. The van der Waals surface area contributed by atoms with E-state index in [2.05, 4.69) is 55.5 Å². The van der Waals surface area contributed by atoms with Crippen molar-refractivity contribution in [1.29, 1.82) is 0 Å². The zero-order chi connectivity index (χ0) is 17.8. The minimum atomic E-state index is 0.697. The Morgan fingerprint density at radius 1 is 0.769 bits per heavy atom. The summed E-state index contributed by atoms with van der Waals surface area (Å²) in [6, 6.07) is 28.9. The average Bonchev–Trinajstić information content (AvgIpc) is 3.13. The Labute approximate surface area is 157 Å². The molecule has 0 radical (unpaired) electrons. The third kappa shape index (κ3) is 3.73. The Balaban J connectivity index is 1.66. The van der Waals surface area contributed by atoms with E-state index in [1.54, 1.807) is 11.8 Å². The number of rotatable bonds is 5. The molecule has 0 saturated heterocycles. The van der Waals surface area contributed by atoms with Gasteiger partial charge in [0.1, 0.15) is 5.69 Å². The van der Waals surface area contributed by atoms with Crippen molar-refractivity contribution in [3.63, 3.8) is 0 Å². The van der Waals surface area contributed by atoms with E-state index in [4.69, 9.17) is 9.40 Å². The summed E-state index contributed by atoms with van der Waals surface area (Å²) in [7, 11) is 0. The maximum atomic E-state index is 6.15. The molecule has 0 aliphatic carbocycles. The predicted molar refractivity (Wildman–Crippen MR) is 108 cm³/mol. The molecular weight excluding hydrogens is 338 g/mol. The summed E-state index contributed by atoms with van der Waals surface area (Å²) in [6.45, 7) is 2.10. The van der Waals surface area contributed by atoms with Crippen LogP contribution in [-0.2, 0) is 5.75 Å². The van der Waals surface area contributed by atoms with Gasteiger partial charge in [-0.1, -0.05) is 102 Å². The van der Waals surface area contributed by atoms with Gasteiger partial charge in [-0.15, -0.1) is 0 Å². The number of oxazole rings is 1. The molecule has 0 aliphatic rings. The quantitative estimate of drug-likeness (QED) is 0.376. The van der Waals surface area contributed by atoms with Crippen molar-refractivity contribution in [2.24, 2.45) is 0 Å². The first-order chi connectivity index (χ1) is 12.8. The van der Waals surface area contributed by atoms with Crippen LogP contribution in [0.2, 0.25) is 0 Å². The maximum absolute atomic E-state index is 6.15. The molecule has 0 N–H and O–H groups in total. The van der Waals surface area contributed by atoms with Crippen LogP contribution in [0, 0.1) is 6.92 Å². The lowest BCUT2D eigenvalue weighted by Crippen LogP contribution is -1.82. The zero-order valence-electron chi connectivity index (χ0n) is 14.6. The number of hydrogen-bond donors (Lipinski definition) is 0. The molecule has 0 atom stereocenters. The lowest BCUT2D eigenvalue weighted by molar-refractivity contribution is 0.466. The first-order valence-electron chi connectivity index (χ1n) is 8.59. The normalized spacial score (nSPS) is 10.8. The molecule has 1 heterocycles. The molecule has 0 unspecified atom stereocenters. The molecule has 3 heteroatoms. The molecule has 0 amide bonds. The van der Waals surface area contributed by atoms with Gasteiger partial charge in [0.2, 0.25) is 0 Å². The van der Waals surface area contributed by atoms with Crippen molar-refractivity contribution in [1.82, 2.24) is 4.98 Å². The van der Waals surface area contributed by atoms with Crippen LogP contribution in [0.3, 0.4) is 0 Å². The SMILES string of the molecule is Cc1ccc(CSc2nc(-c3ccccc3)c(-c3ccccc3)o2)cc1. The van der Waals surface area contributed by atoms with Crippen molar-refractivity contribution in [3.8, 4) is 22.6 Å². The number of benzene rings is 3. The summed E-state index contributed by atoms with van der Waals surface area (Å²) in [4.78, 5) is 4.79. The molecule has 3 aromatic carbocycles. The van der Waals surface area contributed by atoms with E-state index in [1.165, 1.54) is 11.1 Å². The Morgan fingerprint density at radius 2 is 1.38 bits per heavy atom. The second-order valence-electron chi connectivity index (χ2n) is 6.16. The van der Waals surface area contributed by atoms with Crippen molar-refractivity contribution in [3.05, 3.63) is 96.1 Å². The van der Waals surface area contributed by atoms with Gasteiger partial charge in [0.05, 0.1) is 0 Å². The third-order valence-electron chi connectivity index (χ3n) is 4.17. The Kier molecular flexibility index (Phi) is 4.89. The van der Waals surface area contributed by atoms with Crippen molar-refractivity contribution in [2.45, 2.75) is 17.9 Å². The van der Waals surface area contributed by atoms with Gasteiger partial charge < -0.3 is 4.42 Å². The highest BCUT2D eigenvalue weighted by Gasteiger charge is 2.17. The van der Waals surface area contributed by atoms with Crippen LogP contribution in [0.4, 0.5) is 0 Å². The van der Waals surface area contributed by atoms with Crippen LogP contribution < -0.4 is 0 Å². The van der Waals surface area contributed by atoms with E-state index >= 15 is 0 Å². The molecule has 0 aliphatic heterocycles. The summed E-state index contributed by atoms with van der Waals surface area (Å²) < 4.78 is 6.15. The fourth-order valence-corrected chi connectivity index (χ4v) is 3.55. The van der Waals surface area contributed by atoms with E-state index in [0.29, 0.717) is 5.22 Å². The topological polar surface area (TPSA) is 26.0 Å². The predicted octanol–water partition coefficient (Wildman–Crippen LogP) is 6.61. The minimum absolute atomic E-state index is 0.697. The first kappa shape index (κ1) is 16.7. The largest absolute Gasteiger partial charge is 0.431 e. The van der Waals surface area contributed by atoms with E-state index in [9.17, 15) is 0 Å². The van der Waals surface area contributed by atoms with E-state index in [1.807, 2.05) is 36.4 Å². The monoisotopic (exact) mass is 357 g/mol. The molecule has 0 bridgehead atoms. The summed E-state index contributed by atoms with van der Waals surface area (Å²) in [5, 5.41) is 0.697. The van der Waals surface area contributed by atoms with Crippen molar-refractivity contribution in [2.75, 3.05) is 0 Å². The van der Waals surface area contributed by atoms with Crippen molar-refractivity contribution >= 4 is 11.8 Å². The van der Waals surface area contributed by atoms with Gasteiger partial charge in [0, 0.05) is 16.9 Å². The van der Waals surface area contributed by atoms with Crippen LogP contribution in [0.1, 0.15) is 11.1 Å². The van der Waals surface area contributed by atoms with Gasteiger partial charge in [-0.3, -0.25) is 0 Å². The molecule has 0 fully saturated rings. The zero-order valence-corrected chi connectivity index (χ0v) is 15.4. The number of thioether (sulfide) groups is 1. The molecule has 0 spiro atoms. The number of aromatic nitrogens is 1. The van der Waals surface area contributed by atoms with Crippen LogP contribution in [0.25, 0.3) is 22.6 Å². The highest BCUT2D eigenvalue weighted by Crippen LogP contribution is 2.36. The van der Waals surface area contributed by atoms with Crippen molar-refractivity contribution < 1.29 is 4.42 Å². The van der Waals surface area contributed by atoms with Crippen LogP contribution in [0.5, 0.6) is 0 Å². The Morgan fingerprint density at radius 3 is 2.04 bits per heavy atom. The summed E-state index contributed by atoms with van der Waals surface area (Å²) >= 11 is 1.63. The van der Waals surface area contributed by atoms with E-state index in [-0.39, 0.29) is 0 Å². The molecular formula is C23H19NOS. The molecule has 4 rings (SSSR count). The van der Waals surface area contributed by atoms with Gasteiger partial charge in [-0.2, -0.15) is 0 Å². The summed E-state index contributed by atoms with van der Waals surface area (Å²) in [6.07, 6.45) is 0. The van der Waals surface area contributed by atoms with Gasteiger partial charge >= 0.3 is 0 Å². The molecule has 26 heavy (non-hydrogen) atoms. The Bertz CT molecular complexity index is 919. The maximum Gasteiger partial charge on any atom is 0.257 e. The standard InChI is InChI=1S/C23H19NOS/c1-17-12-14-18(15-13-17)16-26-23-24-21(19-8-4-2-5-9-19)22(25-23)20-10-6-3-7-11-20/h2-15H,16H2,1H3. The Hall–Kier alpha value is -2.78. The van der Waals surface area contributed by atoms with Gasteiger partial charge in [0.15, 0.2) is 5.76 Å². The van der Waals surface area contributed by atoms with E-state index in [0.717, 1.165) is 28.3 Å². The molecule has 128 valence electrons. The number of hydrogen-bond acceptors (Lipinski definition) is 3. The fraction of sp³-hybridized carbons (Fsp3) is 0.0870. The smallest absolute Gasteiger partial charge is 0.257 e. The summed E-state index contributed by atoms with van der Waals surface area (Å²) in [5.74, 6) is 1.66. The van der Waals surface area contributed by atoms with Crippen LogP contribution in [0.15, 0.2) is 94.6 Å². The van der Waals surface area contributed by atoms with Crippen LogP contribution in [-0.4, -0.2) is 4.98 Å². The lowest BCUT2D eigenvalue weighted by atomic mass is 10.1. The minimum Gasteiger partial charge on any atom is -0.431 e. The van der Waals surface area contributed by atoms with Gasteiger partial charge in [-0.05, 0) is 12.5 Å². The second kappa shape index (κ2) is 7.63. The van der Waals surface area contributed by atoms with Gasteiger partial charge in [0.25, 0.3) is 5.22 Å². The molecule has 1 aromatic heterocycles. The molecule has 0 saturated carbocycles. The lowest BCUT2D eigenvalue weighted by Gasteiger charge is -2.00. The summed E-state index contributed by atoms with van der Waals surface area (Å²) in [5.41, 5.74) is 5.54. The van der Waals surface area contributed by atoms with Crippen LogP contribution >= 0.6 is 11.8 Å².